The van der Waals surface area contributed by atoms with Gasteiger partial charge in [0.25, 0.3) is 0 Å². The average molecular weight is 437 g/mol. The number of nitrogens with two attached hydrogens (primary N) is 1. The molecule has 1 aliphatic rings. The summed E-state index contributed by atoms with van der Waals surface area (Å²) in [5, 5.41) is 0. The van der Waals surface area contributed by atoms with Crippen molar-refractivity contribution in [1.29, 1.82) is 0 Å². The molecule has 1 aliphatic heterocycles. The first-order valence-corrected chi connectivity index (χ1v) is 11.0. The third-order valence-electron chi connectivity index (χ3n) is 5.39. The Morgan fingerprint density at radius 1 is 1.07 bits per heavy atom. The summed E-state index contributed by atoms with van der Waals surface area (Å²) in [6, 6.07) is 11.8. The van der Waals surface area contributed by atoms with Gasteiger partial charge in [0.1, 0.15) is 17.3 Å². The highest BCUT2D eigenvalue weighted by molar-refractivity contribution is 7.89. The molecule has 1 heterocycles. The van der Waals surface area contributed by atoms with Crippen LogP contribution in [0.25, 0.3) is 0 Å². The smallest absolute Gasteiger partial charge is 0.243 e. The second kappa shape index (κ2) is 9.01. The van der Waals surface area contributed by atoms with E-state index in [1.165, 1.54) is 47.8 Å². The highest BCUT2D eigenvalue weighted by atomic mass is 32.2. The Kier molecular flexibility index (Phi) is 6.62. The van der Waals surface area contributed by atoms with Gasteiger partial charge >= 0.3 is 0 Å². The second-order valence-electron chi connectivity index (χ2n) is 7.47. The number of methoxy groups -OCH3 is 1. The Labute approximate surface area is 175 Å². The maximum Gasteiger partial charge on any atom is 0.243 e. The highest BCUT2D eigenvalue weighted by Crippen LogP contribution is 2.37. The van der Waals surface area contributed by atoms with E-state index in [9.17, 15) is 17.6 Å². The van der Waals surface area contributed by atoms with Crippen molar-refractivity contribution < 1.29 is 27.1 Å². The van der Waals surface area contributed by atoms with Gasteiger partial charge in [-0.25, -0.2) is 12.8 Å². The van der Waals surface area contributed by atoms with Crippen LogP contribution < -0.4 is 15.2 Å². The number of halogens is 1. The fraction of sp³-hybridized carbons (Fsp3) is 0.381. The first-order chi connectivity index (χ1) is 14.2. The summed E-state index contributed by atoms with van der Waals surface area (Å²) in [4.78, 5) is 11.9. The first-order valence-electron chi connectivity index (χ1n) is 9.55. The molecule has 2 aromatic carbocycles. The fourth-order valence-electron chi connectivity index (χ4n) is 3.61. The number of amides is 1. The molecular weight excluding hydrogens is 411 g/mol. The topological polar surface area (TPSA) is 98.9 Å². The number of ether oxygens (including phenoxy) is 2. The Morgan fingerprint density at radius 3 is 2.17 bits per heavy atom. The summed E-state index contributed by atoms with van der Waals surface area (Å²) >= 11 is 0. The van der Waals surface area contributed by atoms with Crippen LogP contribution >= 0.6 is 0 Å². The Hall–Kier alpha value is -2.65. The largest absolute Gasteiger partial charge is 0.497 e. The lowest BCUT2D eigenvalue weighted by Gasteiger charge is -2.40. The highest BCUT2D eigenvalue weighted by Gasteiger charge is 2.40. The summed E-state index contributed by atoms with van der Waals surface area (Å²) in [6.45, 7) is 0.681. The molecule has 0 bridgehead atoms. The summed E-state index contributed by atoms with van der Waals surface area (Å²) in [6.07, 6.45) is 0.934. The van der Waals surface area contributed by atoms with Crippen LogP contribution in [0.4, 0.5) is 4.39 Å². The van der Waals surface area contributed by atoms with Crippen LogP contribution in [0.3, 0.4) is 0 Å². The zero-order chi connectivity index (χ0) is 21.8. The molecule has 1 fully saturated rings. The molecule has 162 valence electrons. The standard InChI is InChI=1S/C21H25FN2O5S/c1-28-17-6-8-19(9-7-17)30(26,27)24-12-10-21(11-13-24,14-20(23)25)15-29-18-4-2-16(22)3-5-18/h2-9H,10-15H2,1H3,(H2,23,25). The molecule has 1 saturated heterocycles. The lowest BCUT2D eigenvalue weighted by molar-refractivity contribution is -0.121. The minimum Gasteiger partial charge on any atom is -0.497 e. The summed E-state index contributed by atoms with van der Waals surface area (Å²) in [5.74, 6) is 0.218. The van der Waals surface area contributed by atoms with Crippen LogP contribution in [0.1, 0.15) is 19.3 Å². The van der Waals surface area contributed by atoms with E-state index in [1.54, 1.807) is 12.1 Å². The van der Waals surface area contributed by atoms with Gasteiger partial charge in [0.05, 0.1) is 18.6 Å². The minimum absolute atomic E-state index is 0.0879. The van der Waals surface area contributed by atoms with Crippen LogP contribution in [0, 0.1) is 11.2 Å². The Morgan fingerprint density at radius 2 is 1.63 bits per heavy atom. The fourth-order valence-corrected chi connectivity index (χ4v) is 5.05. The van der Waals surface area contributed by atoms with E-state index in [0.29, 0.717) is 24.3 Å². The SMILES string of the molecule is COc1ccc(S(=O)(=O)N2CCC(COc3ccc(F)cc3)(CC(N)=O)CC2)cc1. The molecule has 0 aromatic heterocycles. The molecule has 0 unspecified atom stereocenters. The van der Waals surface area contributed by atoms with Gasteiger partial charge in [-0.05, 0) is 61.4 Å². The molecule has 0 radical (unpaired) electrons. The number of carbonyl (C=O) groups is 1. The van der Waals surface area contributed by atoms with Crippen molar-refractivity contribution in [3.05, 3.63) is 54.3 Å². The maximum atomic E-state index is 13.1. The molecule has 30 heavy (non-hydrogen) atoms. The van der Waals surface area contributed by atoms with E-state index in [1.807, 2.05) is 0 Å². The number of nitrogens with zero attached hydrogens (tertiary/aromatic N) is 1. The lowest BCUT2D eigenvalue weighted by Crippen LogP contribution is -2.47. The maximum absolute atomic E-state index is 13.1. The second-order valence-corrected chi connectivity index (χ2v) is 9.40. The van der Waals surface area contributed by atoms with Crippen LogP contribution in [-0.4, -0.2) is 45.4 Å². The summed E-state index contributed by atoms with van der Waals surface area (Å²) in [5.41, 5.74) is 4.87. The van der Waals surface area contributed by atoms with Gasteiger partial charge in [-0.1, -0.05) is 0 Å². The molecule has 9 heteroatoms. The third-order valence-corrected chi connectivity index (χ3v) is 7.30. The minimum atomic E-state index is -3.66. The van der Waals surface area contributed by atoms with Crippen molar-refractivity contribution in [2.45, 2.75) is 24.2 Å². The molecule has 3 rings (SSSR count). The predicted octanol–water partition coefficient (Wildman–Crippen LogP) is 2.56. The van der Waals surface area contributed by atoms with Crippen LogP contribution in [0.15, 0.2) is 53.4 Å². The van der Waals surface area contributed by atoms with Gasteiger partial charge < -0.3 is 15.2 Å². The van der Waals surface area contributed by atoms with Crippen molar-refractivity contribution in [2.75, 3.05) is 26.8 Å². The van der Waals surface area contributed by atoms with Crippen molar-refractivity contribution in [3.8, 4) is 11.5 Å². The molecule has 2 N–H and O–H groups in total. The van der Waals surface area contributed by atoms with Gasteiger partial charge in [-0.2, -0.15) is 4.31 Å². The van der Waals surface area contributed by atoms with Gasteiger partial charge in [0.2, 0.25) is 15.9 Å². The number of hydrogen-bond acceptors (Lipinski definition) is 5. The van der Waals surface area contributed by atoms with E-state index in [0.717, 1.165) is 0 Å². The normalized spacial score (nSPS) is 16.7. The van der Waals surface area contributed by atoms with Gasteiger partial charge in [0, 0.05) is 24.9 Å². The van der Waals surface area contributed by atoms with E-state index >= 15 is 0 Å². The van der Waals surface area contributed by atoms with E-state index in [4.69, 9.17) is 15.2 Å². The number of primary amides is 1. The van der Waals surface area contributed by atoms with E-state index < -0.39 is 21.3 Å². The number of sulfonamides is 1. The molecule has 2 aromatic rings. The molecule has 0 atom stereocenters. The zero-order valence-corrected chi connectivity index (χ0v) is 17.5. The van der Waals surface area contributed by atoms with Crippen molar-refractivity contribution in [1.82, 2.24) is 4.31 Å². The van der Waals surface area contributed by atoms with Gasteiger partial charge in [-0.15, -0.1) is 0 Å². The quantitative estimate of drug-likeness (QED) is 0.686. The number of rotatable bonds is 8. The zero-order valence-electron chi connectivity index (χ0n) is 16.7. The lowest BCUT2D eigenvalue weighted by atomic mass is 9.76. The molecule has 0 aliphatic carbocycles. The average Bonchev–Trinajstić information content (AvgIpc) is 2.73. The third kappa shape index (κ3) is 5.09. The van der Waals surface area contributed by atoms with Crippen LogP contribution in [-0.2, 0) is 14.8 Å². The molecular formula is C21H25FN2O5S. The first kappa shape index (κ1) is 22.0. The number of carbonyl (C=O) groups excluding carboxylic acids is 1. The van der Waals surface area contributed by atoms with Crippen LogP contribution in [0.5, 0.6) is 11.5 Å². The van der Waals surface area contributed by atoms with Gasteiger partial charge in [0.15, 0.2) is 0 Å². The van der Waals surface area contributed by atoms with Crippen molar-refractivity contribution >= 4 is 15.9 Å². The summed E-state index contributed by atoms with van der Waals surface area (Å²) < 4.78 is 51.3. The van der Waals surface area contributed by atoms with E-state index in [2.05, 4.69) is 0 Å². The van der Waals surface area contributed by atoms with Crippen molar-refractivity contribution in [2.24, 2.45) is 11.1 Å². The number of hydrogen-bond donors (Lipinski definition) is 1. The number of benzene rings is 2. The molecule has 7 nitrogen and oxygen atoms in total. The van der Waals surface area contributed by atoms with Crippen LogP contribution in [0.2, 0.25) is 0 Å². The Balaban J connectivity index is 1.70. The Bertz CT molecular complexity index is 969. The monoisotopic (exact) mass is 436 g/mol. The molecule has 1 amide bonds. The molecule has 0 saturated carbocycles. The predicted molar refractivity (Wildman–Crippen MR) is 109 cm³/mol. The molecule has 0 spiro atoms. The van der Waals surface area contributed by atoms with E-state index in [-0.39, 0.29) is 36.8 Å². The van der Waals surface area contributed by atoms with Crippen molar-refractivity contribution in [3.63, 3.8) is 0 Å². The number of piperidine rings is 1. The van der Waals surface area contributed by atoms with Gasteiger partial charge in [-0.3, -0.25) is 4.79 Å². The summed E-state index contributed by atoms with van der Waals surface area (Å²) in [7, 11) is -2.14.